The molecule has 2 heterocycles. The standard InChI is InChI=1S/C7H8N6OS/c1-3-5(8)6(12-11-3)7(14)10-4-2-9-13-15-4/h2H,8H2,1H3,(H,10,14)(H,11,12). The van der Waals surface area contributed by atoms with E-state index in [9.17, 15) is 4.79 Å². The van der Waals surface area contributed by atoms with Gasteiger partial charge in [0.15, 0.2) is 5.69 Å². The van der Waals surface area contributed by atoms with Crippen LogP contribution in [0.2, 0.25) is 0 Å². The van der Waals surface area contributed by atoms with E-state index in [1.54, 1.807) is 6.92 Å². The van der Waals surface area contributed by atoms with Crippen molar-refractivity contribution in [2.75, 3.05) is 11.1 Å². The highest BCUT2D eigenvalue weighted by molar-refractivity contribution is 7.10. The predicted octanol–water partition coefficient (Wildman–Crippen LogP) is 0.404. The molecule has 0 aliphatic rings. The summed E-state index contributed by atoms with van der Waals surface area (Å²) in [6.45, 7) is 1.74. The fourth-order valence-corrected chi connectivity index (χ4v) is 1.42. The molecule has 1 amide bonds. The fourth-order valence-electron chi connectivity index (χ4n) is 1.00. The number of nitrogens with two attached hydrogens (primary N) is 1. The van der Waals surface area contributed by atoms with Gasteiger partial charge in [0.2, 0.25) is 0 Å². The molecule has 0 bridgehead atoms. The van der Waals surface area contributed by atoms with Crippen LogP contribution in [0.4, 0.5) is 10.7 Å². The first kappa shape index (κ1) is 9.59. The van der Waals surface area contributed by atoms with Gasteiger partial charge in [-0.05, 0) is 6.92 Å². The molecule has 7 nitrogen and oxygen atoms in total. The second-order valence-corrected chi connectivity index (χ2v) is 3.63. The molecular formula is C7H8N6OS. The average molecular weight is 224 g/mol. The van der Waals surface area contributed by atoms with E-state index in [2.05, 4.69) is 25.1 Å². The number of hydrogen-bond donors (Lipinski definition) is 3. The maximum atomic E-state index is 11.6. The first-order chi connectivity index (χ1) is 7.18. The summed E-state index contributed by atoms with van der Waals surface area (Å²) in [5, 5.41) is 13.2. The molecule has 4 N–H and O–H groups in total. The lowest BCUT2D eigenvalue weighted by Crippen LogP contribution is -2.13. The van der Waals surface area contributed by atoms with Gasteiger partial charge in [0, 0.05) is 11.5 Å². The third-order valence-electron chi connectivity index (χ3n) is 1.81. The van der Waals surface area contributed by atoms with Crippen molar-refractivity contribution in [1.82, 2.24) is 19.8 Å². The molecule has 0 unspecified atom stereocenters. The number of H-pyrrole nitrogens is 1. The number of aromatic amines is 1. The number of carbonyl (C=O) groups is 1. The second-order valence-electron chi connectivity index (χ2n) is 2.85. The van der Waals surface area contributed by atoms with Crippen LogP contribution < -0.4 is 11.1 Å². The number of nitrogens with one attached hydrogen (secondary N) is 2. The predicted molar refractivity (Wildman–Crippen MR) is 55.6 cm³/mol. The summed E-state index contributed by atoms with van der Waals surface area (Å²) in [5.74, 6) is -0.372. The molecule has 2 aromatic heterocycles. The zero-order chi connectivity index (χ0) is 10.8. The maximum Gasteiger partial charge on any atom is 0.279 e. The molecular weight excluding hydrogens is 216 g/mol. The van der Waals surface area contributed by atoms with Gasteiger partial charge in [-0.3, -0.25) is 9.89 Å². The van der Waals surface area contributed by atoms with Crippen LogP contribution in [0.3, 0.4) is 0 Å². The Kier molecular flexibility index (Phi) is 2.34. The van der Waals surface area contributed by atoms with Crippen molar-refractivity contribution in [2.45, 2.75) is 6.92 Å². The van der Waals surface area contributed by atoms with Crippen LogP contribution in [-0.4, -0.2) is 25.7 Å². The number of rotatable bonds is 2. The van der Waals surface area contributed by atoms with Gasteiger partial charge in [0.1, 0.15) is 5.00 Å². The van der Waals surface area contributed by atoms with Gasteiger partial charge < -0.3 is 11.1 Å². The Bertz CT molecular complexity index is 476. The van der Waals surface area contributed by atoms with Crippen LogP contribution in [-0.2, 0) is 0 Å². The number of hydrogen-bond acceptors (Lipinski definition) is 6. The summed E-state index contributed by atoms with van der Waals surface area (Å²) in [5.41, 5.74) is 6.85. The van der Waals surface area contributed by atoms with Crippen molar-refractivity contribution in [3.05, 3.63) is 17.6 Å². The minimum Gasteiger partial charge on any atom is -0.395 e. The highest BCUT2D eigenvalue weighted by Gasteiger charge is 2.15. The third kappa shape index (κ3) is 1.79. The Morgan fingerprint density at radius 2 is 2.47 bits per heavy atom. The average Bonchev–Trinajstić information content (AvgIpc) is 2.79. The normalized spacial score (nSPS) is 10.2. The summed E-state index contributed by atoms with van der Waals surface area (Å²) in [6.07, 6.45) is 1.46. The van der Waals surface area contributed by atoms with Crippen molar-refractivity contribution in [3.63, 3.8) is 0 Å². The highest BCUT2D eigenvalue weighted by atomic mass is 32.1. The molecule has 0 saturated heterocycles. The molecule has 0 aliphatic carbocycles. The minimum atomic E-state index is -0.372. The Balaban J connectivity index is 2.19. The zero-order valence-corrected chi connectivity index (χ0v) is 8.63. The highest BCUT2D eigenvalue weighted by Crippen LogP contribution is 2.16. The molecule has 0 aliphatic heterocycles. The smallest absolute Gasteiger partial charge is 0.279 e. The summed E-state index contributed by atoms with van der Waals surface area (Å²) >= 11 is 1.09. The van der Waals surface area contributed by atoms with E-state index in [1.807, 2.05) is 0 Å². The quantitative estimate of drug-likeness (QED) is 0.684. The van der Waals surface area contributed by atoms with Crippen LogP contribution >= 0.6 is 11.5 Å². The molecule has 0 fully saturated rings. The third-order valence-corrected chi connectivity index (χ3v) is 2.39. The number of amides is 1. The van der Waals surface area contributed by atoms with Crippen molar-refractivity contribution >= 4 is 28.1 Å². The maximum absolute atomic E-state index is 11.6. The fraction of sp³-hybridized carbons (Fsp3) is 0.143. The van der Waals surface area contributed by atoms with Crippen LogP contribution in [0.1, 0.15) is 16.2 Å². The Labute approximate surface area is 88.9 Å². The summed E-state index contributed by atoms with van der Waals surface area (Å²) in [4.78, 5) is 11.6. The molecule has 0 radical (unpaired) electrons. The Hall–Kier alpha value is -1.96. The van der Waals surface area contributed by atoms with E-state index in [0.717, 1.165) is 11.5 Å². The van der Waals surface area contributed by atoms with Gasteiger partial charge in [0.05, 0.1) is 17.6 Å². The molecule has 8 heteroatoms. The number of aromatic nitrogens is 4. The van der Waals surface area contributed by atoms with Gasteiger partial charge in [-0.2, -0.15) is 5.10 Å². The number of nitrogen functional groups attached to an aromatic ring is 1. The molecule has 2 rings (SSSR count). The zero-order valence-electron chi connectivity index (χ0n) is 7.81. The summed E-state index contributed by atoms with van der Waals surface area (Å²) < 4.78 is 3.61. The lowest BCUT2D eigenvalue weighted by atomic mass is 10.3. The number of carbonyl (C=O) groups excluding carboxylic acids is 1. The molecule has 78 valence electrons. The lowest BCUT2D eigenvalue weighted by Gasteiger charge is -1.98. The topological polar surface area (TPSA) is 110 Å². The Morgan fingerprint density at radius 3 is 3.00 bits per heavy atom. The summed E-state index contributed by atoms with van der Waals surface area (Å²) in [7, 11) is 0. The molecule has 0 aromatic carbocycles. The number of aryl methyl sites for hydroxylation is 1. The molecule has 2 aromatic rings. The van der Waals surface area contributed by atoms with Crippen molar-refractivity contribution < 1.29 is 4.79 Å². The van der Waals surface area contributed by atoms with E-state index in [1.165, 1.54) is 6.20 Å². The van der Waals surface area contributed by atoms with E-state index >= 15 is 0 Å². The monoisotopic (exact) mass is 224 g/mol. The van der Waals surface area contributed by atoms with Gasteiger partial charge in [-0.1, -0.05) is 4.49 Å². The minimum absolute atomic E-state index is 0.181. The first-order valence-corrected chi connectivity index (χ1v) is 4.85. The van der Waals surface area contributed by atoms with E-state index in [-0.39, 0.29) is 11.6 Å². The van der Waals surface area contributed by atoms with Gasteiger partial charge in [-0.15, -0.1) is 5.10 Å². The van der Waals surface area contributed by atoms with Gasteiger partial charge >= 0.3 is 0 Å². The van der Waals surface area contributed by atoms with Crippen LogP contribution in [0.25, 0.3) is 0 Å². The first-order valence-electron chi connectivity index (χ1n) is 4.07. The Morgan fingerprint density at radius 1 is 1.67 bits per heavy atom. The largest absolute Gasteiger partial charge is 0.395 e. The van der Waals surface area contributed by atoms with Gasteiger partial charge in [-0.25, -0.2) is 0 Å². The molecule has 0 saturated carbocycles. The number of nitrogens with zero attached hydrogens (tertiary/aromatic N) is 3. The van der Waals surface area contributed by atoms with Crippen molar-refractivity contribution in [2.24, 2.45) is 0 Å². The van der Waals surface area contributed by atoms with Crippen molar-refractivity contribution in [3.8, 4) is 0 Å². The SMILES string of the molecule is Cc1[nH]nc(C(=O)Nc2cnns2)c1N. The molecule has 0 spiro atoms. The van der Waals surface area contributed by atoms with Crippen LogP contribution in [0.5, 0.6) is 0 Å². The van der Waals surface area contributed by atoms with Crippen LogP contribution in [0.15, 0.2) is 6.20 Å². The number of anilines is 2. The van der Waals surface area contributed by atoms with Crippen molar-refractivity contribution in [1.29, 1.82) is 0 Å². The van der Waals surface area contributed by atoms with E-state index in [0.29, 0.717) is 16.4 Å². The van der Waals surface area contributed by atoms with E-state index < -0.39 is 0 Å². The molecule has 0 atom stereocenters. The lowest BCUT2D eigenvalue weighted by molar-refractivity contribution is 0.102. The second kappa shape index (κ2) is 3.65. The summed E-state index contributed by atoms with van der Waals surface area (Å²) in [6, 6.07) is 0. The van der Waals surface area contributed by atoms with Crippen LogP contribution in [0, 0.1) is 6.92 Å². The van der Waals surface area contributed by atoms with Gasteiger partial charge in [0.25, 0.3) is 5.91 Å². The molecule has 15 heavy (non-hydrogen) atoms. The van der Waals surface area contributed by atoms with E-state index in [4.69, 9.17) is 5.73 Å².